The van der Waals surface area contributed by atoms with Crippen LogP contribution in [0.3, 0.4) is 0 Å². The zero-order valence-corrected chi connectivity index (χ0v) is 66.3. The number of unbranched alkanes of at least 4 members (excludes halogenated alkanes) is 1. The second-order valence-electron chi connectivity index (χ2n) is 23.4. The van der Waals surface area contributed by atoms with E-state index in [9.17, 15) is 33.6 Å². The van der Waals surface area contributed by atoms with Gasteiger partial charge in [0.15, 0.2) is 16.6 Å². The molecule has 0 fully saturated rings. The van der Waals surface area contributed by atoms with Gasteiger partial charge in [-0.3, -0.25) is 28.8 Å². The van der Waals surface area contributed by atoms with Gasteiger partial charge in [0.2, 0.25) is 0 Å². The van der Waals surface area contributed by atoms with Crippen LogP contribution >= 0.6 is 0 Å². The van der Waals surface area contributed by atoms with Crippen LogP contribution < -0.4 is 0 Å². The van der Waals surface area contributed by atoms with E-state index in [4.69, 9.17) is 47.0 Å². The number of aldehydes is 1. The third-order valence-electron chi connectivity index (χ3n) is 12.0. The molecular formula is C72H174O20Si4. The maximum atomic E-state index is 11.7. The summed E-state index contributed by atoms with van der Waals surface area (Å²) < 4.78 is 48.0. The van der Waals surface area contributed by atoms with Crippen molar-refractivity contribution in [2.75, 3.05) is 66.6 Å². The van der Waals surface area contributed by atoms with E-state index >= 15 is 0 Å². The molecule has 20 nitrogen and oxygen atoms in total. The van der Waals surface area contributed by atoms with Crippen molar-refractivity contribution in [2.45, 2.75) is 320 Å². The van der Waals surface area contributed by atoms with Crippen LogP contribution in [0.25, 0.3) is 0 Å². The summed E-state index contributed by atoms with van der Waals surface area (Å²) in [5.41, 5.74) is 0. The van der Waals surface area contributed by atoms with E-state index in [1.54, 1.807) is 20.8 Å². The second-order valence-corrected chi connectivity index (χ2v) is 37.0. The second kappa shape index (κ2) is 94.1. The lowest BCUT2D eigenvalue weighted by molar-refractivity contribution is -0.150. The van der Waals surface area contributed by atoms with Gasteiger partial charge in [0.05, 0.1) is 75.7 Å². The number of ether oxygens (including phenoxy) is 6. The number of carbonyl (C=O) groups is 7. The first-order valence-electron chi connectivity index (χ1n) is 32.7. The molecule has 0 spiro atoms. The maximum absolute atomic E-state index is 11.7. The van der Waals surface area contributed by atoms with E-state index in [-0.39, 0.29) is 171 Å². The Bertz CT molecular complexity index is 1510. The Labute approximate surface area is 605 Å². The summed E-state index contributed by atoms with van der Waals surface area (Å²) in [6.45, 7) is 51.8. The molecule has 0 aromatic carbocycles. The molecule has 7 atom stereocenters. The molecule has 0 aliphatic carbocycles. The largest absolute Gasteiger partial charge is 0.469 e. The van der Waals surface area contributed by atoms with Gasteiger partial charge >= 0.3 is 44.6 Å². The van der Waals surface area contributed by atoms with Gasteiger partial charge in [0, 0.05) is 26.6 Å². The first kappa shape index (κ1) is 136. The summed E-state index contributed by atoms with van der Waals surface area (Å²) in [6.07, 6.45) is 13.1. The molecule has 7 unspecified atom stereocenters. The first-order valence-corrected chi connectivity index (χ1v) is 42.3. The van der Waals surface area contributed by atoms with Crippen LogP contribution in [0, 0.1) is 47.3 Å². The molecule has 0 aromatic rings. The number of esters is 6. The van der Waals surface area contributed by atoms with Crippen LogP contribution in [0.15, 0.2) is 0 Å². The molecule has 0 heterocycles. The highest BCUT2D eigenvalue weighted by Gasteiger charge is 2.46. The van der Waals surface area contributed by atoms with Crippen LogP contribution in [-0.2, 0) is 74.3 Å². The van der Waals surface area contributed by atoms with Gasteiger partial charge in [0.1, 0.15) is 30.0 Å². The minimum Gasteiger partial charge on any atom is -0.469 e. The summed E-state index contributed by atoms with van der Waals surface area (Å²) in [7, 11) is -4.19. The molecule has 0 radical (unpaired) electrons. The Kier molecular flexibility index (Phi) is 134. The molecule has 4 N–H and O–H groups in total. The Morgan fingerprint density at radius 2 is 0.688 bits per heavy atom. The average molecular weight is 1470 g/mol. The van der Waals surface area contributed by atoms with Crippen molar-refractivity contribution in [1.29, 1.82) is 0 Å². The SMILES string of the molecule is C.C.C.C.C.C.C.C.CC(C)C=O.CCC(C)C(=O)OC.CCC(C)C(=O)OCCC[Si](O[SiH3])(O[Si](C)(C)C)O[Si](C)(C)C.CCC(C)C(=O)OCCO.CCC(C)C(=O)OCCO.CCCCC(CC)COC(=O)C(C)CC.CCCO.CCCOC(=O)C(C)CC.CCO.[HH]. The van der Waals surface area contributed by atoms with Crippen molar-refractivity contribution in [1.82, 2.24) is 0 Å². The van der Waals surface area contributed by atoms with E-state index in [2.05, 4.69) is 67.3 Å². The maximum Gasteiger partial charge on any atom is 0.469 e. The molecule has 0 bridgehead atoms. The Morgan fingerprint density at radius 1 is 0.417 bits per heavy atom. The Hall–Kier alpha value is -2.92. The smallest absolute Gasteiger partial charge is 0.469 e. The van der Waals surface area contributed by atoms with Crippen LogP contribution in [0.1, 0.15) is 276 Å². The van der Waals surface area contributed by atoms with Crippen LogP contribution in [-0.4, -0.2) is 165 Å². The van der Waals surface area contributed by atoms with E-state index in [0.29, 0.717) is 42.8 Å². The average Bonchev–Trinajstić information content (AvgIpc) is 1.30. The van der Waals surface area contributed by atoms with Gasteiger partial charge in [-0.2, -0.15) is 0 Å². The minimum atomic E-state index is -2.65. The zero-order chi connectivity index (χ0) is 70.9. The van der Waals surface area contributed by atoms with Crippen LogP contribution in [0.5, 0.6) is 0 Å². The fraction of sp³-hybridized carbons (Fsp3) is 0.903. The fourth-order valence-electron chi connectivity index (χ4n) is 5.21. The number of aliphatic hydroxyl groups excluding tert-OH is 4. The summed E-state index contributed by atoms with van der Waals surface area (Å²) in [5, 5.41) is 32.0. The number of methoxy groups -OCH3 is 1. The monoisotopic (exact) mass is 1470 g/mol. The fourth-order valence-corrected chi connectivity index (χ4v) is 17.6. The highest BCUT2D eigenvalue weighted by Crippen LogP contribution is 2.26. The molecule has 0 saturated heterocycles. The van der Waals surface area contributed by atoms with E-state index < -0.39 is 25.4 Å². The van der Waals surface area contributed by atoms with Gasteiger partial charge < -0.3 is 66.0 Å². The number of carbonyl (C=O) groups excluding carboxylic acids is 7. The molecule has 24 heteroatoms. The van der Waals surface area contributed by atoms with Gasteiger partial charge in [0.25, 0.3) is 0 Å². The number of hydrogen-bond donors (Lipinski definition) is 4. The van der Waals surface area contributed by atoms with Crippen molar-refractivity contribution in [3.8, 4) is 0 Å². The van der Waals surface area contributed by atoms with Crippen molar-refractivity contribution in [3.63, 3.8) is 0 Å². The zero-order valence-electron chi connectivity index (χ0n) is 61.3. The summed E-state index contributed by atoms with van der Waals surface area (Å²) >= 11 is 0. The molecule has 0 aromatic heterocycles. The molecule has 0 rings (SSSR count). The minimum absolute atomic E-state index is 0. The normalized spacial score (nSPS) is 11.8. The molecule has 0 aliphatic rings. The van der Waals surface area contributed by atoms with Crippen molar-refractivity contribution in [2.24, 2.45) is 47.3 Å². The highest BCUT2D eigenvalue weighted by atomic mass is 28.5. The third kappa shape index (κ3) is 105. The predicted molar refractivity (Wildman–Crippen MR) is 423 cm³/mol. The quantitative estimate of drug-likeness (QED) is 0.0151. The molecule has 0 amide bonds. The van der Waals surface area contributed by atoms with Crippen molar-refractivity contribution in [3.05, 3.63) is 0 Å². The first-order chi connectivity index (χ1) is 41.0. The Balaban J connectivity index is -0.0000000471. The van der Waals surface area contributed by atoms with Crippen molar-refractivity contribution < 1.29 is 96.2 Å². The van der Waals surface area contributed by atoms with Crippen molar-refractivity contribution >= 4 is 78.0 Å². The Morgan fingerprint density at radius 3 is 0.885 bits per heavy atom. The number of hydrogen-bond acceptors (Lipinski definition) is 20. The topological polar surface area (TPSA) is 283 Å². The standard InChI is InChI=1S/C14H36O5Si4.C13H26O2.C8H16O2.2C7H14O3.C6H12O2.C4H8O.C3H8O.C2H6O.8CH4.H2/c1-9-13(2)14(15)16-11-10-12-23(17-20,18-21(3,4)5)19-22(6,7)8;1-5-8-9-12(7-3)10-15-13(14)11(4)6-2;1-4-6-10-8(9)7(3)5-2;2*1-3-6(2)7(9)10-5-4-8;1-4-5(2)6(7)8-3;1-4(2)3-5;1-2-3-4;1-2-3;;;;;;;;;/h13H,9-12H2,1-8,20H3;11-12H,5-10H2,1-4H3;7H,4-6H2,1-3H3;2*6,8H,3-5H2,1-2H3;5H,4H2,1-3H3;3-4H,1-2H3;4H,2-3H2,1H3;3H,2H2,1H3;8*1H4;1H. The highest BCUT2D eigenvalue weighted by molar-refractivity contribution is 6.86. The lowest BCUT2D eigenvalue weighted by Crippen LogP contribution is -2.56. The van der Waals surface area contributed by atoms with E-state index in [0.717, 1.165) is 76.5 Å². The summed E-state index contributed by atoms with van der Waals surface area (Å²) in [6, 6.07) is 0.721. The number of aliphatic hydroxyl groups is 4. The van der Waals surface area contributed by atoms with Gasteiger partial charge in [-0.1, -0.05) is 203 Å². The summed E-state index contributed by atoms with van der Waals surface area (Å²) in [5.74, 6) is -0.00391. The summed E-state index contributed by atoms with van der Waals surface area (Å²) in [4.78, 5) is 75.7. The van der Waals surface area contributed by atoms with Gasteiger partial charge in [-0.05, 0) is 116 Å². The van der Waals surface area contributed by atoms with Crippen LogP contribution in [0.2, 0.25) is 45.3 Å². The molecule has 598 valence electrons. The lowest BCUT2D eigenvalue weighted by atomic mass is 10.0. The molecule has 96 heavy (non-hydrogen) atoms. The molecule has 0 aliphatic heterocycles. The predicted octanol–water partition coefficient (Wildman–Crippen LogP) is 17.6. The van der Waals surface area contributed by atoms with E-state index in [1.807, 2.05) is 96.9 Å². The lowest BCUT2D eigenvalue weighted by Gasteiger charge is -2.39. The van der Waals surface area contributed by atoms with E-state index in [1.165, 1.54) is 26.4 Å². The molecular weight excluding hydrogens is 1300 g/mol. The van der Waals surface area contributed by atoms with Gasteiger partial charge in [-0.25, -0.2) is 0 Å². The number of rotatable bonds is 35. The van der Waals surface area contributed by atoms with Crippen LogP contribution in [0.4, 0.5) is 0 Å². The third-order valence-corrected chi connectivity index (χ3v) is 22.9. The molecule has 0 saturated carbocycles. The van der Waals surface area contributed by atoms with Gasteiger partial charge in [-0.15, -0.1) is 0 Å².